The molecule has 72 valence electrons. The van der Waals surface area contributed by atoms with Crippen molar-refractivity contribution in [1.29, 1.82) is 0 Å². The highest BCUT2D eigenvalue weighted by atomic mass is 32.1. The van der Waals surface area contributed by atoms with Crippen LogP contribution in [0.5, 0.6) is 0 Å². The fourth-order valence-electron chi connectivity index (χ4n) is 1.18. The summed E-state index contributed by atoms with van der Waals surface area (Å²) in [5.41, 5.74) is 2.56. The van der Waals surface area contributed by atoms with E-state index in [1.54, 1.807) is 0 Å². The Balaban J connectivity index is 2.41. The largest absolute Gasteiger partial charge is 0.392 e. The Morgan fingerprint density at radius 3 is 2.46 bits per heavy atom. The Bertz CT molecular complexity index is 243. The van der Waals surface area contributed by atoms with Crippen LogP contribution in [0.4, 0.5) is 0 Å². The summed E-state index contributed by atoms with van der Waals surface area (Å²) in [7, 11) is 0. The molecule has 0 aliphatic heterocycles. The minimum absolute atomic E-state index is 0.273. The molecule has 0 aliphatic rings. The maximum absolute atomic E-state index is 9.30. The van der Waals surface area contributed by atoms with Gasteiger partial charge >= 0.3 is 0 Å². The average Bonchev–Trinajstić information content (AvgIpc) is 2.16. The van der Waals surface area contributed by atoms with Crippen molar-refractivity contribution in [3.8, 4) is 0 Å². The topological polar surface area (TPSA) is 20.2 Å². The van der Waals surface area contributed by atoms with E-state index in [9.17, 15) is 5.11 Å². The van der Waals surface area contributed by atoms with Gasteiger partial charge in [0.25, 0.3) is 0 Å². The number of aliphatic hydroxyl groups excluding tert-OH is 1. The van der Waals surface area contributed by atoms with Crippen LogP contribution in [-0.2, 0) is 6.42 Å². The molecule has 1 nitrogen and oxygen atoms in total. The maximum Gasteiger partial charge on any atom is 0.0631 e. The molecule has 0 aliphatic carbocycles. The molecular formula is C11H16OS. The van der Waals surface area contributed by atoms with Crippen molar-refractivity contribution < 1.29 is 5.11 Å². The van der Waals surface area contributed by atoms with Crippen LogP contribution in [0.25, 0.3) is 0 Å². The third kappa shape index (κ3) is 3.83. The molecule has 0 saturated carbocycles. The number of aryl methyl sites for hydroxylation is 2. The Morgan fingerprint density at radius 2 is 1.92 bits per heavy atom. The van der Waals surface area contributed by atoms with E-state index in [4.69, 9.17) is 0 Å². The van der Waals surface area contributed by atoms with Gasteiger partial charge in [-0.15, -0.1) is 0 Å². The summed E-state index contributed by atoms with van der Waals surface area (Å²) in [5, 5.41) is 9.30. The van der Waals surface area contributed by atoms with Crippen LogP contribution < -0.4 is 0 Å². The van der Waals surface area contributed by atoms with Crippen LogP contribution in [0, 0.1) is 6.92 Å². The first-order valence-electron chi connectivity index (χ1n) is 4.57. The first-order valence-corrected chi connectivity index (χ1v) is 5.20. The van der Waals surface area contributed by atoms with Gasteiger partial charge in [0.15, 0.2) is 0 Å². The standard InChI is InChI=1S/C11H16OS/c1-9-2-4-10(5-3-9)6-7-11(12)8-13/h2-5,11-13H,6-8H2,1H3. The second-order valence-electron chi connectivity index (χ2n) is 3.36. The Labute approximate surface area is 85.2 Å². The molecule has 1 aromatic rings. The number of aliphatic hydroxyl groups is 1. The zero-order valence-electron chi connectivity index (χ0n) is 7.90. The summed E-state index contributed by atoms with van der Waals surface area (Å²) in [5.74, 6) is 0.547. The van der Waals surface area contributed by atoms with Gasteiger partial charge in [0.1, 0.15) is 0 Å². The lowest BCUT2D eigenvalue weighted by atomic mass is 10.1. The highest BCUT2D eigenvalue weighted by molar-refractivity contribution is 7.80. The fraction of sp³-hybridized carbons (Fsp3) is 0.455. The Morgan fingerprint density at radius 1 is 1.31 bits per heavy atom. The lowest BCUT2D eigenvalue weighted by Gasteiger charge is -2.06. The molecule has 0 saturated heterocycles. The molecule has 0 spiro atoms. The van der Waals surface area contributed by atoms with Gasteiger partial charge in [0.05, 0.1) is 6.10 Å². The predicted octanol–water partition coefficient (Wildman–Crippen LogP) is 2.22. The summed E-state index contributed by atoms with van der Waals surface area (Å²) >= 11 is 4.03. The van der Waals surface area contributed by atoms with E-state index in [2.05, 4.69) is 43.8 Å². The summed E-state index contributed by atoms with van der Waals surface area (Å²) in [6.07, 6.45) is 1.46. The molecule has 1 rings (SSSR count). The SMILES string of the molecule is Cc1ccc(CCC(O)CS)cc1. The first kappa shape index (κ1) is 10.6. The van der Waals surface area contributed by atoms with Gasteiger partial charge in [0.2, 0.25) is 0 Å². The van der Waals surface area contributed by atoms with Gasteiger partial charge in [-0.3, -0.25) is 0 Å². The minimum Gasteiger partial charge on any atom is -0.392 e. The number of rotatable bonds is 4. The third-order valence-electron chi connectivity index (χ3n) is 2.10. The minimum atomic E-state index is -0.273. The smallest absolute Gasteiger partial charge is 0.0631 e. The quantitative estimate of drug-likeness (QED) is 0.708. The second kappa shape index (κ2) is 5.30. The van der Waals surface area contributed by atoms with Crippen molar-refractivity contribution in [2.24, 2.45) is 0 Å². The summed E-state index contributed by atoms with van der Waals surface area (Å²) in [6, 6.07) is 8.42. The molecule has 0 amide bonds. The van der Waals surface area contributed by atoms with Crippen LogP contribution in [0.1, 0.15) is 17.5 Å². The molecule has 0 bridgehead atoms. The lowest BCUT2D eigenvalue weighted by Crippen LogP contribution is -2.09. The van der Waals surface area contributed by atoms with Gasteiger partial charge < -0.3 is 5.11 Å². The van der Waals surface area contributed by atoms with Crippen molar-refractivity contribution in [2.45, 2.75) is 25.9 Å². The van der Waals surface area contributed by atoms with Crippen LogP contribution in [0.3, 0.4) is 0 Å². The summed E-state index contributed by atoms with van der Waals surface area (Å²) in [6.45, 7) is 2.08. The van der Waals surface area contributed by atoms with Gasteiger partial charge in [-0.1, -0.05) is 29.8 Å². The number of benzene rings is 1. The van der Waals surface area contributed by atoms with E-state index in [-0.39, 0.29) is 6.10 Å². The summed E-state index contributed by atoms with van der Waals surface area (Å²) in [4.78, 5) is 0. The molecule has 1 atom stereocenters. The van der Waals surface area contributed by atoms with Crippen LogP contribution >= 0.6 is 12.6 Å². The van der Waals surface area contributed by atoms with Crippen molar-refractivity contribution in [3.05, 3.63) is 35.4 Å². The first-order chi connectivity index (χ1) is 6.22. The third-order valence-corrected chi connectivity index (χ3v) is 2.52. The zero-order chi connectivity index (χ0) is 9.68. The van der Waals surface area contributed by atoms with Crippen LogP contribution in [-0.4, -0.2) is 17.0 Å². The molecule has 1 aromatic carbocycles. The van der Waals surface area contributed by atoms with Crippen molar-refractivity contribution >= 4 is 12.6 Å². The fourth-order valence-corrected chi connectivity index (χ4v) is 1.36. The Hall–Kier alpha value is -0.470. The van der Waals surface area contributed by atoms with Crippen LogP contribution in [0.15, 0.2) is 24.3 Å². The van der Waals surface area contributed by atoms with E-state index < -0.39 is 0 Å². The van der Waals surface area contributed by atoms with Gasteiger partial charge in [0, 0.05) is 5.75 Å². The van der Waals surface area contributed by atoms with E-state index in [0.717, 1.165) is 12.8 Å². The average molecular weight is 196 g/mol. The van der Waals surface area contributed by atoms with Crippen LogP contribution in [0.2, 0.25) is 0 Å². The number of hydrogen-bond donors (Lipinski definition) is 2. The molecule has 2 heteroatoms. The normalized spacial score (nSPS) is 12.8. The zero-order valence-corrected chi connectivity index (χ0v) is 8.80. The van der Waals surface area contributed by atoms with Gasteiger partial charge in [-0.25, -0.2) is 0 Å². The van der Waals surface area contributed by atoms with Crippen molar-refractivity contribution in [3.63, 3.8) is 0 Å². The predicted molar refractivity (Wildman–Crippen MR) is 59.4 cm³/mol. The van der Waals surface area contributed by atoms with E-state index in [1.165, 1.54) is 11.1 Å². The monoisotopic (exact) mass is 196 g/mol. The van der Waals surface area contributed by atoms with Crippen molar-refractivity contribution in [2.75, 3.05) is 5.75 Å². The molecule has 0 aromatic heterocycles. The molecule has 1 unspecified atom stereocenters. The second-order valence-corrected chi connectivity index (χ2v) is 3.73. The molecular weight excluding hydrogens is 180 g/mol. The highest BCUT2D eigenvalue weighted by Crippen LogP contribution is 2.07. The molecule has 0 heterocycles. The number of thiol groups is 1. The lowest BCUT2D eigenvalue weighted by molar-refractivity contribution is 0.190. The van der Waals surface area contributed by atoms with E-state index >= 15 is 0 Å². The van der Waals surface area contributed by atoms with E-state index in [0.29, 0.717) is 5.75 Å². The maximum atomic E-state index is 9.30. The molecule has 0 fully saturated rings. The highest BCUT2D eigenvalue weighted by Gasteiger charge is 2.01. The van der Waals surface area contributed by atoms with Gasteiger partial charge in [-0.2, -0.15) is 12.6 Å². The Kier molecular flexibility index (Phi) is 4.33. The van der Waals surface area contributed by atoms with Crippen molar-refractivity contribution in [1.82, 2.24) is 0 Å². The van der Waals surface area contributed by atoms with Gasteiger partial charge in [-0.05, 0) is 25.3 Å². The molecule has 1 N–H and O–H groups in total. The summed E-state index contributed by atoms with van der Waals surface area (Å²) < 4.78 is 0. The number of hydrogen-bond acceptors (Lipinski definition) is 2. The van der Waals surface area contributed by atoms with E-state index in [1.807, 2.05) is 0 Å². The molecule has 0 radical (unpaired) electrons. The molecule has 13 heavy (non-hydrogen) atoms.